The van der Waals surface area contributed by atoms with E-state index in [1.807, 2.05) is 6.20 Å². The second kappa shape index (κ2) is 5.61. The molecule has 0 aromatic carbocycles. The maximum atomic E-state index is 5.96. The summed E-state index contributed by atoms with van der Waals surface area (Å²) in [7, 11) is 0. The number of morpholine rings is 1. The van der Waals surface area contributed by atoms with Crippen molar-refractivity contribution in [3.8, 4) is 0 Å². The number of fused-ring (bicyclic) bond motifs is 1. The predicted molar refractivity (Wildman–Crippen MR) is 73.9 cm³/mol. The molecule has 5 nitrogen and oxygen atoms in total. The van der Waals surface area contributed by atoms with Gasteiger partial charge in [0.05, 0.1) is 6.61 Å². The lowest BCUT2D eigenvalue weighted by Gasteiger charge is -2.34. The minimum absolute atomic E-state index is 0.113. The standard InChI is InChI=1S/C14H24N4O/c1-10(2)15-6-11-7-16-14(17-11)13-8-18-5-3-4-12(18)9-19-13/h7,10,12-13,15H,3-6,8-9H2,1-2H3,(H,16,17). The van der Waals surface area contributed by atoms with E-state index in [1.54, 1.807) is 0 Å². The Bertz CT molecular complexity index is 417. The quantitative estimate of drug-likeness (QED) is 0.864. The first-order valence-corrected chi connectivity index (χ1v) is 7.35. The Labute approximate surface area is 114 Å². The van der Waals surface area contributed by atoms with E-state index in [0.29, 0.717) is 12.1 Å². The van der Waals surface area contributed by atoms with E-state index >= 15 is 0 Å². The second-order valence-electron chi connectivity index (χ2n) is 5.94. The van der Waals surface area contributed by atoms with Gasteiger partial charge in [0, 0.05) is 37.1 Å². The Balaban J connectivity index is 1.59. The Hall–Kier alpha value is -0.910. The smallest absolute Gasteiger partial charge is 0.136 e. The normalized spacial score (nSPS) is 27.9. The summed E-state index contributed by atoms with van der Waals surface area (Å²) in [5.74, 6) is 0.978. The average Bonchev–Trinajstić information content (AvgIpc) is 3.04. The summed E-state index contributed by atoms with van der Waals surface area (Å²) in [5.41, 5.74) is 1.14. The minimum Gasteiger partial charge on any atom is -0.367 e. The molecule has 0 amide bonds. The fourth-order valence-corrected chi connectivity index (χ4v) is 2.93. The molecule has 2 fully saturated rings. The van der Waals surface area contributed by atoms with Crippen molar-refractivity contribution in [2.75, 3.05) is 19.7 Å². The molecule has 5 heteroatoms. The van der Waals surface area contributed by atoms with E-state index in [-0.39, 0.29) is 6.10 Å². The molecule has 2 saturated heterocycles. The molecule has 0 aliphatic carbocycles. The SMILES string of the molecule is CC(C)NCc1cnc(C2CN3CCCC3CO2)[nH]1. The molecule has 106 valence electrons. The van der Waals surface area contributed by atoms with Gasteiger partial charge in [-0.2, -0.15) is 0 Å². The van der Waals surface area contributed by atoms with Gasteiger partial charge in [-0.25, -0.2) is 4.98 Å². The van der Waals surface area contributed by atoms with Crippen LogP contribution < -0.4 is 5.32 Å². The summed E-state index contributed by atoms with van der Waals surface area (Å²) in [6.45, 7) is 8.18. The van der Waals surface area contributed by atoms with Crippen LogP contribution in [0.2, 0.25) is 0 Å². The number of hydrogen-bond acceptors (Lipinski definition) is 4. The van der Waals surface area contributed by atoms with Crippen molar-refractivity contribution in [1.29, 1.82) is 0 Å². The number of aromatic nitrogens is 2. The van der Waals surface area contributed by atoms with Crippen molar-refractivity contribution in [2.45, 2.75) is 51.4 Å². The van der Waals surface area contributed by atoms with Crippen LogP contribution in [0.15, 0.2) is 6.20 Å². The molecule has 2 atom stereocenters. The van der Waals surface area contributed by atoms with Gasteiger partial charge < -0.3 is 15.0 Å². The second-order valence-corrected chi connectivity index (χ2v) is 5.94. The van der Waals surface area contributed by atoms with Gasteiger partial charge >= 0.3 is 0 Å². The number of nitrogens with one attached hydrogen (secondary N) is 2. The maximum Gasteiger partial charge on any atom is 0.136 e. The van der Waals surface area contributed by atoms with Crippen LogP contribution in [0.25, 0.3) is 0 Å². The molecule has 19 heavy (non-hydrogen) atoms. The lowest BCUT2D eigenvalue weighted by Crippen LogP contribution is -2.42. The number of ether oxygens (including phenoxy) is 1. The molecule has 0 spiro atoms. The van der Waals surface area contributed by atoms with Crippen molar-refractivity contribution >= 4 is 0 Å². The van der Waals surface area contributed by atoms with E-state index in [2.05, 4.69) is 34.0 Å². The molecule has 2 aliphatic heterocycles. The van der Waals surface area contributed by atoms with E-state index < -0.39 is 0 Å². The third-order valence-electron chi connectivity index (χ3n) is 4.04. The van der Waals surface area contributed by atoms with Crippen LogP contribution in [0, 0.1) is 0 Å². The molecule has 1 aromatic rings. The van der Waals surface area contributed by atoms with Gasteiger partial charge in [0.25, 0.3) is 0 Å². The number of hydrogen-bond donors (Lipinski definition) is 2. The third kappa shape index (κ3) is 2.99. The molecular weight excluding hydrogens is 240 g/mol. The van der Waals surface area contributed by atoms with Gasteiger partial charge in [0.2, 0.25) is 0 Å². The van der Waals surface area contributed by atoms with Gasteiger partial charge in [0.15, 0.2) is 0 Å². The van der Waals surface area contributed by atoms with Crippen LogP contribution in [0.4, 0.5) is 0 Å². The van der Waals surface area contributed by atoms with Gasteiger partial charge in [0.1, 0.15) is 11.9 Å². The molecular formula is C14H24N4O. The van der Waals surface area contributed by atoms with Crippen molar-refractivity contribution in [3.63, 3.8) is 0 Å². The number of rotatable bonds is 4. The molecule has 0 bridgehead atoms. The average molecular weight is 264 g/mol. The monoisotopic (exact) mass is 264 g/mol. The van der Waals surface area contributed by atoms with Gasteiger partial charge in [-0.3, -0.25) is 4.90 Å². The fourth-order valence-electron chi connectivity index (χ4n) is 2.93. The lowest BCUT2D eigenvalue weighted by molar-refractivity contribution is -0.0538. The first-order valence-electron chi connectivity index (χ1n) is 7.35. The predicted octanol–water partition coefficient (Wildman–Crippen LogP) is 1.44. The van der Waals surface area contributed by atoms with Gasteiger partial charge in [-0.1, -0.05) is 13.8 Å². The highest BCUT2D eigenvalue weighted by Crippen LogP contribution is 2.28. The van der Waals surface area contributed by atoms with Crippen molar-refractivity contribution in [1.82, 2.24) is 20.2 Å². The lowest BCUT2D eigenvalue weighted by atomic mass is 10.2. The van der Waals surface area contributed by atoms with Crippen LogP contribution in [0.3, 0.4) is 0 Å². The number of nitrogens with zero attached hydrogens (tertiary/aromatic N) is 2. The highest BCUT2D eigenvalue weighted by Gasteiger charge is 2.33. The molecule has 0 radical (unpaired) electrons. The zero-order chi connectivity index (χ0) is 13.2. The van der Waals surface area contributed by atoms with Crippen molar-refractivity contribution < 1.29 is 4.74 Å². The van der Waals surface area contributed by atoms with Gasteiger partial charge in [-0.05, 0) is 19.4 Å². The summed E-state index contributed by atoms with van der Waals surface area (Å²) in [5, 5.41) is 3.39. The zero-order valence-electron chi connectivity index (χ0n) is 11.9. The third-order valence-corrected chi connectivity index (χ3v) is 4.04. The summed E-state index contributed by atoms with van der Waals surface area (Å²) in [6.07, 6.45) is 4.63. The van der Waals surface area contributed by atoms with Crippen molar-refractivity contribution in [2.24, 2.45) is 0 Å². The number of aromatic amines is 1. The first-order chi connectivity index (χ1) is 9.22. The van der Waals surface area contributed by atoms with Crippen LogP contribution in [0.1, 0.15) is 44.3 Å². The van der Waals surface area contributed by atoms with E-state index in [0.717, 1.165) is 31.2 Å². The molecule has 2 aliphatic rings. The highest BCUT2D eigenvalue weighted by molar-refractivity contribution is 5.05. The van der Waals surface area contributed by atoms with Crippen LogP contribution in [-0.2, 0) is 11.3 Å². The number of H-pyrrole nitrogens is 1. The maximum absolute atomic E-state index is 5.96. The molecule has 3 rings (SSSR count). The summed E-state index contributed by atoms with van der Waals surface area (Å²) < 4.78 is 5.96. The minimum atomic E-state index is 0.113. The Morgan fingerprint density at radius 1 is 1.58 bits per heavy atom. The fraction of sp³-hybridized carbons (Fsp3) is 0.786. The van der Waals surface area contributed by atoms with Crippen LogP contribution in [0.5, 0.6) is 0 Å². The summed E-state index contributed by atoms with van der Waals surface area (Å²) in [6, 6.07) is 1.14. The zero-order valence-corrected chi connectivity index (χ0v) is 11.9. The molecule has 1 aromatic heterocycles. The van der Waals surface area contributed by atoms with E-state index in [9.17, 15) is 0 Å². The highest BCUT2D eigenvalue weighted by atomic mass is 16.5. The molecule has 0 saturated carbocycles. The molecule has 2 N–H and O–H groups in total. The van der Waals surface area contributed by atoms with Crippen molar-refractivity contribution in [3.05, 3.63) is 17.7 Å². The Morgan fingerprint density at radius 2 is 2.47 bits per heavy atom. The Morgan fingerprint density at radius 3 is 3.32 bits per heavy atom. The number of imidazole rings is 1. The van der Waals surface area contributed by atoms with Gasteiger partial charge in [-0.15, -0.1) is 0 Å². The molecule has 3 heterocycles. The van der Waals surface area contributed by atoms with E-state index in [4.69, 9.17) is 4.74 Å². The largest absolute Gasteiger partial charge is 0.367 e. The van der Waals surface area contributed by atoms with Crippen LogP contribution >= 0.6 is 0 Å². The summed E-state index contributed by atoms with van der Waals surface area (Å²) in [4.78, 5) is 10.4. The topological polar surface area (TPSA) is 53.2 Å². The van der Waals surface area contributed by atoms with E-state index in [1.165, 1.54) is 19.4 Å². The summed E-state index contributed by atoms with van der Waals surface area (Å²) >= 11 is 0. The first kappa shape index (κ1) is 13.1. The molecule has 2 unspecified atom stereocenters. The van der Waals surface area contributed by atoms with Crippen LogP contribution in [-0.4, -0.2) is 46.6 Å². The Kier molecular flexibility index (Phi) is 3.86.